The summed E-state index contributed by atoms with van der Waals surface area (Å²) in [6, 6.07) is 2.16. The van der Waals surface area contributed by atoms with Crippen molar-refractivity contribution in [3.05, 3.63) is 16.3 Å². The first-order valence-electron chi connectivity index (χ1n) is 7.93. The smallest absolute Gasteiger partial charge is 0.233 e. The van der Waals surface area contributed by atoms with Gasteiger partial charge in [-0.05, 0) is 45.6 Å². The first-order valence-corrected chi connectivity index (χ1v) is 9.73. The molecule has 0 atom stereocenters. The fourth-order valence-electron chi connectivity index (χ4n) is 2.78. The molecule has 2 aromatic heterocycles. The molecule has 0 bridgehead atoms. The molecule has 3 rings (SSSR count). The zero-order chi connectivity index (χ0) is 17.5. The molecular formula is C17H20N4OS2. The van der Waals surface area contributed by atoms with Gasteiger partial charge in [-0.25, -0.2) is 9.97 Å². The molecule has 0 radical (unpaired) electrons. The maximum atomic E-state index is 12.4. The van der Waals surface area contributed by atoms with Gasteiger partial charge in [0.15, 0.2) is 0 Å². The molecule has 0 aliphatic heterocycles. The number of aromatic nitrogens is 2. The molecular weight excluding hydrogens is 340 g/mol. The highest BCUT2D eigenvalue weighted by Gasteiger charge is 2.28. The molecule has 0 spiro atoms. The van der Waals surface area contributed by atoms with Gasteiger partial charge in [-0.3, -0.25) is 4.79 Å². The number of nitriles is 1. The monoisotopic (exact) mass is 360 g/mol. The van der Waals surface area contributed by atoms with Crippen LogP contribution in [0.5, 0.6) is 0 Å². The fourth-order valence-corrected chi connectivity index (χ4v) is 5.17. The van der Waals surface area contributed by atoms with Crippen LogP contribution in [0, 0.1) is 18.3 Å². The van der Waals surface area contributed by atoms with E-state index in [1.165, 1.54) is 33.5 Å². The van der Waals surface area contributed by atoms with Crippen LogP contribution in [0.1, 0.15) is 36.5 Å². The molecule has 126 valence electrons. The van der Waals surface area contributed by atoms with Crippen LogP contribution in [0.3, 0.4) is 0 Å². The zero-order valence-corrected chi connectivity index (χ0v) is 16.0. The Balaban J connectivity index is 1.86. The van der Waals surface area contributed by atoms with Crippen molar-refractivity contribution in [2.45, 2.75) is 50.6 Å². The molecule has 5 nitrogen and oxygen atoms in total. The molecule has 0 fully saturated rings. The third-order valence-corrected chi connectivity index (χ3v) is 6.61. The Bertz CT molecular complexity index is 850. The maximum absolute atomic E-state index is 12.4. The second-order valence-corrected chi connectivity index (χ2v) is 8.57. The van der Waals surface area contributed by atoms with Gasteiger partial charge in [0.1, 0.15) is 21.2 Å². The van der Waals surface area contributed by atoms with Crippen LogP contribution in [0.2, 0.25) is 0 Å². The number of aryl methyl sites for hydroxylation is 3. The van der Waals surface area contributed by atoms with Crippen LogP contribution in [-0.2, 0) is 17.6 Å². The van der Waals surface area contributed by atoms with E-state index in [0.29, 0.717) is 0 Å². The Morgan fingerprint density at radius 2 is 2.17 bits per heavy atom. The van der Waals surface area contributed by atoms with Crippen LogP contribution >= 0.6 is 23.1 Å². The number of hydrogen-bond acceptors (Lipinski definition) is 6. The minimum absolute atomic E-state index is 0.0668. The van der Waals surface area contributed by atoms with Crippen molar-refractivity contribution >= 4 is 39.2 Å². The Labute approximate surface area is 150 Å². The number of carbonyl (C=O) groups excluding carboxylic acids is 1. The Hall–Kier alpha value is -1.65. The highest BCUT2D eigenvalue weighted by Crippen LogP contribution is 2.40. The van der Waals surface area contributed by atoms with Gasteiger partial charge in [0.05, 0.1) is 11.8 Å². The summed E-state index contributed by atoms with van der Waals surface area (Å²) in [4.78, 5) is 25.5. The van der Waals surface area contributed by atoms with E-state index in [9.17, 15) is 10.1 Å². The summed E-state index contributed by atoms with van der Waals surface area (Å²) in [5.41, 5.74) is 0.564. The summed E-state index contributed by atoms with van der Waals surface area (Å²) >= 11 is 3.21. The third-order valence-electron chi connectivity index (χ3n) is 4.46. The van der Waals surface area contributed by atoms with Crippen molar-refractivity contribution in [2.75, 3.05) is 12.8 Å². The Morgan fingerprint density at radius 1 is 1.42 bits per heavy atom. The van der Waals surface area contributed by atoms with E-state index in [4.69, 9.17) is 0 Å². The molecule has 0 saturated carbocycles. The van der Waals surface area contributed by atoms with Crippen molar-refractivity contribution in [3.63, 3.8) is 0 Å². The van der Waals surface area contributed by atoms with Crippen molar-refractivity contribution in [3.8, 4) is 6.07 Å². The first kappa shape index (κ1) is 17.2. The van der Waals surface area contributed by atoms with Crippen LogP contribution in [0.25, 0.3) is 10.2 Å². The van der Waals surface area contributed by atoms with Gasteiger partial charge in [-0.15, -0.1) is 11.3 Å². The van der Waals surface area contributed by atoms with Crippen LogP contribution < -0.4 is 0 Å². The van der Waals surface area contributed by atoms with Crippen molar-refractivity contribution in [1.29, 1.82) is 5.26 Å². The summed E-state index contributed by atoms with van der Waals surface area (Å²) in [6.45, 7) is 5.38. The van der Waals surface area contributed by atoms with Gasteiger partial charge < -0.3 is 4.90 Å². The number of carbonyl (C=O) groups is 1. The van der Waals surface area contributed by atoms with E-state index < -0.39 is 5.54 Å². The Kier molecular flexibility index (Phi) is 4.54. The molecule has 7 heteroatoms. The van der Waals surface area contributed by atoms with Crippen LogP contribution in [-0.4, -0.2) is 39.1 Å². The number of thiophene rings is 1. The molecule has 0 aromatic carbocycles. The number of amides is 1. The second kappa shape index (κ2) is 6.34. The number of thioether (sulfide) groups is 1. The zero-order valence-electron chi connectivity index (χ0n) is 14.3. The first-order chi connectivity index (χ1) is 11.3. The largest absolute Gasteiger partial charge is 0.327 e. The van der Waals surface area contributed by atoms with Gasteiger partial charge in [0, 0.05) is 17.3 Å². The van der Waals surface area contributed by atoms with E-state index in [2.05, 4.69) is 16.0 Å². The topological polar surface area (TPSA) is 69.9 Å². The van der Waals surface area contributed by atoms with Crippen molar-refractivity contribution < 1.29 is 4.79 Å². The van der Waals surface area contributed by atoms with Gasteiger partial charge in [-0.2, -0.15) is 5.26 Å². The quantitative estimate of drug-likeness (QED) is 0.618. The number of nitrogens with zero attached hydrogens (tertiary/aromatic N) is 4. The maximum Gasteiger partial charge on any atom is 0.233 e. The van der Waals surface area contributed by atoms with E-state index >= 15 is 0 Å². The SMILES string of the molecule is Cc1nc(SCC(=O)N(C)C(C)(C)C#N)c2c3c(sc2n1)CCC3. The highest BCUT2D eigenvalue weighted by atomic mass is 32.2. The lowest BCUT2D eigenvalue weighted by atomic mass is 10.1. The molecule has 1 amide bonds. The molecule has 1 aliphatic carbocycles. The van der Waals surface area contributed by atoms with E-state index in [0.717, 1.165) is 33.9 Å². The van der Waals surface area contributed by atoms with Gasteiger partial charge in [-0.1, -0.05) is 11.8 Å². The van der Waals surface area contributed by atoms with Crippen LogP contribution in [0.15, 0.2) is 5.03 Å². The fraction of sp³-hybridized carbons (Fsp3) is 0.529. The van der Waals surface area contributed by atoms with E-state index in [1.54, 1.807) is 32.2 Å². The summed E-state index contributed by atoms with van der Waals surface area (Å²) in [6.07, 6.45) is 3.38. The molecule has 2 heterocycles. The number of fused-ring (bicyclic) bond motifs is 3. The molecule has 24 heavy (non-hydrogen) atoms. The molecule has 2 aromatic rings. The summed E-state index contributed by atoms with van der Waals surface area (Å²) < 4.78 is 0. The summed E-state index contributed by atoms with van der Waals surface area (Å²) in [7, 11) is 1.68. The lowest BCUT2D eigenvalue weighted by Gasteiger charge is -2.29. The normalized spacial score (nSPS) is 13.8. The molecule has 1 aliphatic rings. The average Bonchev–Trinajstić information content (AvgIpc) is 3.11. The van der Waals surface area contributed by atoms with Crippen molar-refractivity contribution in [2.24, 2.45) is 0 Å². The van der Waals surface area contributed by atoms with Crippen molar-refractivity contribution in [1.82, 2.24) is 14.9 Å². The summed E-state index contributed by atoms with van der Waals surface area (Å²) in [5.74, 6) is 0.948. The van der Waals surface area contributed by atoms with Gasteiger partial charge >= 0.3 is 0 Å². The van der Waals surface area contributed by atoms with Gasteiger partial charge in [0.2, 0.25) is 5.91 Å². The minimum Gasteiger partial charge on any atom is -0.327 e. The molecule has 0 saturated heterocycles. The lowest BCUT2D eigenvalue weighted by molar-refractivity contribution is -0.130. The predicted molar refractivity (Wildman–Crippen MR) is 97.4 cm³/mol. The van der Waals surface area contributed by atoms with E-state index in [-0.39, 0.29) is 11.7 Å². The molecule has 0 N–H and O–H groups in total. The highest BCUT2D eigenvalue weighted by molar-refractivity contribution is 8.00. The predicted octanol–water partition coefficient (Wildman–Crippen LogP) is 3.34. The Morgan fingerprint density at radius 3 is 2.88 bits per heavy atom. The van der Waals surface area contributed by atoms with E-state index in [1.807, 2.05) is 6.92 Å². The minimum atomic E-state index is -0.807. The average molecular weight is 361 g/mol. The molecule has 0 unspecified atom stereocenters. The van der Waals surface area contributed by atoms with Crippen LogP contribution in [0.4, 0.5) is 0 Å². The number of rotatable bonds is 4. The third kappa shape index (κ3) is 3.01. The van der Waals surface area contributed by atoms with Gasteiger partial charge in [0.25, 0.3) is 0 Å². The lowest BCUT2D eigenvalue weighted by Crippen LogP contribution is -2.44. The summed E-state index contributed by atoms with van der Waals surface area (Å²) in [5, 5.41) is 11.2. The second-order valence-electron chi connectivity index (χ2n) is 6.53. The number of hydrogen-bond donors (Lipinski definition) is 0. The standard InChI is InChI=1S/C17H20N4OS2/c1-10-19-15(23-8-13(22)21(4)17(2,3)9-18)14-11-6-5-7-12(11)24-16(14)20-10/h5-8H2,1-4H3.